The third-order valence-corrected chi connectivity index (χ3v) is 4.26. The molecule has 0 spiro atoms. The Bertz CT molecular complexity index is 947. The molecule has 3 heterocycles. The number of hydrazine groups is 1. The van der Waals surface area contributed by atoms with E-state index >= 15 is 0 Å². The van der Waals surface area contributed by atoms with Crippen molar-refractivity contribution in [1.29, 1.82) is 0 Å². The van der Waals surface area contributed by atoms with Gasteiger partial charge >= 0.3 is 0 Å². The summed E-state index contributed by atoms with van der Waals surface area (Å²) in [5.74, 6) is -0.179. The fourth-order valence-corrected chi connectivity index (χ4v) is 2.85. The van der Waals surface area contributed by atoms with E-state index < -0.39 is 5.91 Å². The highest BCUT2D eigenvalue weighted by Crippen LogP contribution is 2.14. The number of aromatic nitrogens is 5. The van der Waals surface area contributed by atoms with Gasteiger partial charge in [-0.15, -0.1) is 0 Å². The van der Waals surface area contributed by atoms with Crippen molar-refractivity contribution in [3.63, 3.8) is 0 Å². The minimum absolute atomic E-state index is 0.207. The maximum atomic E-state index is 12.0. The number of aryl methyl sites for hydroxylation is 2. The molecule has 0 fully saturated rings. The lowest BCUT2D eigenvalue weighted by Gasteiger charge is -2.11. The molecule has 0 aliphatic carbocycles. The zero-order valence-electron chi connectivity index (χ0n) is 13.6. The van der Waals surface area contributed by atoms with E-state index in [0.717, 1.165) is 21.4 Å². The third kappa shape index (κ3) is 3.68. The van der Waals surface area contributed by atoms with Gasteiger partial charge in [0.2, 0.25) is 5.91 Å². The van der Waals surface area contributed by atoms with Crippen molar-refractivity contribution in [2.75, 3.05) is 0 Å². The van der Waals surface area contributed by atoms with Gasteiger partial charge in [-0.05, 0) is 47.8 Å². The van der Waals surface area contributed by atoms with Crippen molar-refractivity contribution >= 4 is 33.5 Å². The Morgan fingerprint density at radius 1 is 1.32 bits per heavy atom. The molecule has 0 aliphatic rings. The van der Waals surface area contributed by atoms with Gasteiger partial charge in [0.1, 0.15) is 12.0 Å². The van der Waals surface area contributed by atoms with E-state index in [9.17, 15) is 9.59 Å². The van der Waals surface area contributed by atoms with Crippen LogP contribution < -0.4 is 10.9 Å². The lowest BCUT2D eigenvalue weighted by Crippen LogP contribution is -2.41. The molecule has 10 heteroatoms. The smallest absolute Gasteiger partial charge is 0.286 e. The van der Waals surface area contributed by atoms with Crippen LogP contribution in [-0.2, 0) is 11.2 Å². The predicted octanol–water partition coefficient (Wildman–Crippen LogP) is 1.23. The molecule has 0 saturated heterocycles. The fraction of sp³-hybridized carbons (Fsp3) is 0.267. The topological polar surface area (TPSA) is 117 Å². The molecule has 3 aromatic rings. The lowest BCUT2D eigenvalue weighted by molar-refractivity contribution is -0.121. The van der Waals surface area contributed by atoms with Crippen LogP contribution in [0.25, 0.3) is 5.78 Å². The minimum atomic E-state index is -0.419. The van der Waals surface area contributed by atoms with Crippen LogP contribution in [0, 0.1) is 13.8 Å². The zero-order chi connectivity index (χ0) is 18.0. The molecule has 3 N–H and O–H groups in total. The van der Waals surface area contributed by atoms with Crippen LogP contribution in [0.2, 0.25) is 0 Å². The summed E-state index contributed by atoms with van der Waals surface area (Å²) in [6, 6.07) is 1.62. The van der Waals surface area contributed by atoms with Gasteiger partial charge in [0.05, 0.1) is 0 Å². The Morgan fingerprint density at radius 2 is 2.12 bits per heavy atom. The number of aromatic amines is 1. The Morgan fingerprint density at radius 3 is 2.84 bits per heavy atom. The first-order valence-corrected chi connectivity index (χ1v) is 8.34. The molecule has 0 bridgehead atoms. The second-order valence-corrected chi connectivity index (χ2v) is 6.38. The molecule has 2 amide bonds. The van der Waals surface area contributed by atoms with E-state index in [1.807, 2.05) is 13.8 Å². The van der Waals surface area contributed by atoms with Gasteiger partial charge < -0.3 is 4.98 Å². The summed E-state index contributed by atoms with van der Waals surface area (Å²) in [5, 5.41) is 4.12. The molecule has 0 aromatic carbocycles. The van der Waals surface area contributed by atoms with Crippen LogP contribution in [0.3, 0.4) is 0 Å². The highest BCUT2D eigenvalue weighted by atomic mass is 79.9. The Labute approximate surface area is 151 Å². The van der Waals surface area contributed by atoms with E-state index in [1.54, 1.807) is 16.8 Å². The van der Waals surface area contributed by atoms with Crippen LogP contribution in [0.4, 0.5) is 0 Å². The third-order valence-electron chi connectivity index (χ3n) is 3.80. The van der Waals surface area contributed by atoms with Gasteiger partial charge in [0.15, 0.2) is 0 Å². The first-order chi connectivity index (χ1) is 12.0. The molecular weight excluding hydrogens is 390 g/mol. The van der Waals surface area contributed by atoms with Crippen LogP contribution in [0.5, 0.6) is 0 Å². The summed E-state index contributed by atoms with van der Waals surface area (Å²) in [4.78, 5) is 35.1. The molecule has 3 aromatic heterocycles. The maximum Gasteiger partial charge on any atom is 0.286 e. The fourth-order valence-electron chi connectivity index (χ4n) is 2.51. The van der Waals surface area contributed by atoms with Gasteiger partial charge in [-0.25, -0.2) is 9.50 Å². The summed E-state index contributed by atoms with van der Waals surface area (Å²) in [5.41, 5.74) is 7.76. The molecule has 25 heavy (non-hydrogen) atoms. The number of fused-ring (bicyclic) bond motifs is 1. The van der Waals surface area contributed by atoms with Crippen molar-refractivity contribution in [1.82, 2.24) is 35.4 Å². The van der Waals surface area contributed by atoms with E-state index in [2.05, 4.69) is 46.8 Å². The van der Waals surface area contributed by atoms with Gasteiger partial charge in [0.25, 0.3) is 11.7 Å². The second-order valence-electron chi connectivity index (χ2n) is 5.47. The van der Waals surface area contributed by atoms with Crippen molar-refractivity contribution in [3.05, 3.63) is 45.7 Å². The van der Waals surface area contributed by atoms with E-state index in [4.69, 9.17) is 0 Å². The van der Waals surface area contributed by atoms with Crippen molar-refractivity contribution < 1.29 is 9.59 Å². The van der Waals surface area contributed by atoms with E-state index in [1.165, 1.54) is 6.33 Å². The number of rotatable bonds is 4. The van der Waals surface area contributed by atoms with Crippen LogP contribution in [0.15, 0.2) is 23.1 Å². The predicted molar refractivity (Wildman–Crippen MR) is 92.7 cm³/mol. The average Bonchev–Trinajstić information content (AvgIpc) is 3.21. The maximum absolute atomic E-state index is 12.0. The Balaban J connectivity index is 1.58. The molecule has 3 rings (SSSR count). The van der Waals surface area contributed by atoms with Gasteiger partial charge in [-0.3, -0.25) is 20.4 Å². The molecule has 9 nitrogen and oxygen atoms in total. The van der Waals surface area contributed by atoms with Gasteiger partial charge in [-0.2, -0.15) is 10.1 Å². The summed E-state index contributed by atoms with van der Waals surface area (Å²) >= 11 is 3.24. The summed E-state index contributed by atoms with van der Waals surface area (Å²) in [6.07, 6.45) is 3.77. The number of nitrogens with one attached hydrogen (secondary N) is 3. The van der Waals surface area contributed by atoms with E-state index in [-0.39, 0.29) is 12.3 Å². The second kappa shape index (κ2) is 7.01. The number of amides is 2. The average molecular weight is 406 g/mol. The monoisotopic (exact) mass is 405 g/mol. The molecule has 0 aliphatic heterocycles. The summed E-state index contributed by atoms with van der Waals surface area (Å²) in [7, 11) is 0. The largest absolute Gasteiger partial charge is 0.356 e. The van der Waals surface area contributed by atoms with Crippen molar-refractivity contribution in [3.8, 4) is 0 Å². The van der Waals surface area contributed by atoms with Crippen LogP contribution in [-0.4, -0.2) is 36.4 Å². The van der Waals surface area contributed by atoms with Crippen LogP contribution in [0.1, 0.15) is 33.9 Å². The van der Waals surface area contributed by atoms with E-state index in [0.29, 0.717) is 17.9 Å². The number of carbonyl (C=O) groups is 2. The number of hydrogen-bond donors (Lipinski definition) is 3. The van der Waals surface area contributed by atoms with Gasteiger partial charge in [-0.1, -0.05) is 0 Å². The SMILES string of the molecule is Cc1nc2ncnn2c(C)c1CCC(=O)NNC(=O)c1cc(Br)c[nH]1. The normalized spacial score (nSPS) is 10.8. The number of carbonyl (C=O) groups excluding carboxylic acids is 2. The molecule has 130 valence electrons. The summed E-state index contributed by atoms with van der Waals surface area (Å²) in [6.45, 7) is 3.79. The quantitative estimate of drug-likeness (QED) is 0.564. The standard InChI is InChI=1S/C15H16BrN7O2/c1-8-11(9(2)23-15(20-8)18-7-19-23)3-4-13(24)21-22-14(25)12-5-10(16)6-17-12/h5-7,17H,3-4H2,1-2H3,(H,21,24)(H,22,25). The van der Waals surface area contributed by atoms with Gasteiger partial charge in [0, 0.05) is 28.5 Å². The molecule has 0 saturated carbocycles. The number of nitrogens with zero attached hydrogens (tertiary/aromatic N) is 4. The highest BCUT2D eigenvalue weighted by Gasteiger charge is 2.13. The summed E-state index contributed by atoms with van der Waals surface area (Å²) < 4.78 is 2.40. The molecular formula is C15H16BrN7O2. The first-order valence-electron chi connectivity index (χ1n) is 7.54. The zero-order valence-corrected chi connectivity index (χ0v) is 15.2. The Hall–Kier alpha value is -2.75. The number of H-pyrrole nitrogens is 1. The molecule has 0 unspecified atom stereocenters. The van der Waals surface area contributed by atoms with Crippen LogP contribution >= 0.6 is 15.9 Å². The number of halogens is 1. The lowest BCUT2D eigenvalue weighted by atomic mass is 10.1. The molecule has 0 atom stereocenters. The molecule has 0 radical (unpaired) electrons. The highest BCUT2D eigenvalue weighted by molar-refractivity contribution is 9.10. The van der Waals surface area contributed by atoms with Crippen molar-refractivity contribution in [2.24, 2.45) is 0 Å². The minimum Gasteiger partial charge on any atom is -0.356 e. The Kier molecular flexibility index (Phi) is 4.79. The first kappa shape index (κ1) is 17.1. The van der Waals surface area contributed by atoms with Crippen molar-refractivity contribution in [2.45, 2.75) is 26.7 Å². The number of hydrogen-bond acceptors (Lipinski definition) is 5.